The van der Waals surface area contributed by atoms with E-state index in [4.69, 9.17) is 4.42 Å². The van der Waals surface area contributed by atoms with Crippen LogP contribution in [0.25, 0.3) is 11.1 Å². The zero-order chi connectivity index (χ0) is 11.1. The third-order valence-corrected chi connectivity index (χ3v) is 3.76. The van der Waals surface area contributed by atoms with Crippen molar-refractivity contribution in [3.8, 4) is 0 Å². The Bertz CT molecular complexity index is 520. The van der Waals surface area contributed by atoms with Crippen LogP contribution in [0.5, 0.6) is 0 Å². The largest absolute Gasteiger partial charge is 0.440 e. The van der Waals surface area contributed by atoms with E-state index >= 15 is 0 Å². The van der Waals surface area contributed by atoms with Gasteiger partial charge in [-0.1, -0.05) is 29.3 Å². The molecule has 0 bridgehead atoms. The Morgan fingerprint density at radius 1 is 1.50 bits per heavy atom. The Morgan fingerprint density at radius 2 is 2.38 bits per heavy atom. The van der Waals surface area contributed by atoms with Gasteiger partial charge in [-0.25, -0.2) is 4.98 Å². The molecule has 1 aliphatic carbocycles. The van der Waals surface area contributed by atoms with Gasteiger partial charge in [0.05, 0.1) is 0 Å². The van der Waals surface area contributed by atoms with Gasteiger partial charge in [-0.2, -0.15) is 0 Å². The first-order valence-electron chi connectivity index (χ1n) is 5.84. The average Bonchev–Trinajstić information content (AvgIpc) is 2.90. The Labute approximate surface area is 103 Å². The lowest BCUT2D eigenvalue weighted by atomic mass is 10.2. The van der Waals surface area contributed by atoms with Crippen molar-refractivity contribution in [2.75, 3.05) is 0 Å². The molecular formula is C13H14BrNO. The van der Waals surface area contributed by atoms with Gasteiger partial charge in [-0.15, -0.1) is 0 Å². The second-order valence-electron chi connectivity index (χ2n) is 4.56. The van der Waals surface area contributed by atoms with Gasteiger partial charge in [0.15, 0.2) is 11.5 Å². The van der Waals surface area contributed by atoms with Crippen LogP contribution < -0.4 is 0 Å². The maximum absolute atomic E-state index is 5.79. The Kier molecular flexibility index (Phi) is 2.51. The zero-order valence-electron chi connectivity index (χ0n) is 9.24. The third-order valence-electron chi connectivity index (χ3n) is 3.27. The van der Waals surface area contributed by atoms with Gasteiger partial charge in [0.1, 0.15) is 5.52 Å². The Morgan fingerprint density at radius 3 is 3.19 bits per heavy atom. The van der Waals surface area contributed by atoms with Crippen molar-refractivity contribution in [3.05, 3.63) is 28.6 Å². The van der Waals surface area contributed by atoms with Gasteiger partial charge >= 0.3 is 0 Å². The lowest BCUT2D eigenvalue weighted by Crippen LogP contribution is -1.82. The number of nitrogens with zero attached hydrogens (tertiary/aromatic N) is 1. The second kappa shape index (κ2) is 3.88. The summed E-state index contributed by atoms with van der Waals surface area (Å²) in [6.07, 6.45) is 3.81. The number of aromatic nitrogens is 1. The summed E-state index contributed by atoms with van der Waals surface area (Å²) in [6, 6.07) is 5.99. The molecule has 84 valence electrons. The molecule has 2 nitrogen and oxygen atoms in total. The molecule has 2 aromatic rings. The van der Waals surface area contributed by atoms with Crippen molar-refractivity contribution in [2.45, 2.75) is 32.1 Å². The fraction of sp³-hybridized carbons (Fsp3) is 0.462. The first-order valence-corrected chi connectivity index (χ1v) is 6.63. The van der Waals surface area contributed by atoms with Gasteiger partial charge in [-0.05, 0) is 37.0 Å². The molecule has 0 radical (unpaired) electrons. The summed E-state index contributed by atoms with van der Waals surface area (Å²) in [5.41, 5.74) is 1.87. The van der Waals surface area contributed by atoms with Crippen LogP contribution in [0, 0.1) is 5.92 Å². The standard InChI is InChI=1S/C13H14BrNO/c1-2-3-8-6-10(8)13-15-11-7-9(14)4-5-12(11)16-13/h4-5,7-8,10H,2-3,6H2,1H3. The molecule has 0 N–H and O–H groups in total. The molecule has 16 heavy (non-hydrogen) atoms. The molecule has 2 atom stereocenters. The average molecular weight is 280 g/mol. The highest BCUT2D eigenvalue weighted by Crippen LogP contribution is 2.50. The topological polar surface area (TPSA) is 26.0 Å². The summed E-state index contributed by atoms with van der Waals surface area (Å²) in [7, 11) is 0. The van der Waals surface area contributed by atoms with Crippen molar-refractivity contribution >= 4 is 27.0 Å². The van der Waals surface area contributed by atoms with E-state index in [0.29, 0.717) is 5.92 Å². The van der Waals surface area contributed by atoms with Gasteiger partial charge in [0.25, 0.3) is 0 Å². The van der Waals surface area contributed by atoms with E-state index in [0.717, 1.165) is 27.4 Å². The van der Waals surface area contributed by atoms with Crippen LogP contribution in [0.15, 0.2) is 27.1 Å². The first-order chi connectivity index (χ1) is 7.78. The molecule has 0 saturated heterocycles. The van der Waals surface area contributed by atoms with Crippen LogP contribution in [0.1, 0.15) is 38.0 Å². The van der Waals surface area contributed by atoms with Crippen LogP contribution in [0.4, 0.5) is 0 Å². The molecular weight excluding hydrogens is 266 g/mol. The maximum Gasteiger partial charge on any atom is 0.198 e. The maximum atomic E-state index is 5.79. The molecule has 0 amide bonds. The molecule has 1 fully saturated rings. The molecule has 1 saturated carbocycles. The minimum Gasteiger partial charge on any atom is -0.440 e. The summed E-state index contributed by atoms with van der Waals surface area (Å²) >= 11 is 3.45. The van der Waals surface area contributed by atoms with E-state index in [1.165, 1.54) is 19.3 Å². The number of rotatable bonds is 3. The molecule has 1 heterocycles. The quantitative estimate of drug-likeness (QED) is 0.827. The zero-order valence-corrected chi connectivity index (χ0v) is 10.8. The number of hydrogen-bond donors (Lipinski definition) is 0. The van der Waals surface area contributed by atoms with Crippen molar-refractivity contribution < 1.29 is 4.42 Å². The fourth-order valence-corrected chi connectivity index (χ4v) is 2.67. The van der Waals surface area contributed by atoms with Crippen LogP contribution in [0.2, 0.25) is 0 Å². The predicted octanol–water partition coefficient (Wildman–Crippen LogP) is 4.49. The summed E-state index contributed by atoms with van der Waals surface area (Å²) in [6.45, 7) is 2.23. The van der Waals surface area contributed by atoms with Crippen LogP contribution in [-0.4, -0.2) is 4.98 Å². The fourth-order valence-electron chi connectivity index (χ4n) is 2.32. The summed E-state index contributed by atoms with van der Waals surface area (Å²) in [5, 5.41) is 0. The molecule has 3 rings (SSSR count). The highest BCUT2D eigenvalue weighted by Gasteiger charge is 2.41. The normalized spacial score (nSPS) is 23.9. The summed E-state index contributed by atoms with van der Waals surface area (Å²) in [4.78, 5) is 4.57. The highest BCUT2D eigenvalue weighted by atomic mass is 79.9. The SMILES string of the molecule is CCCC1CC1c1nc2cc(Br)ccc2o1. The third kappa shape index (κ3) is 1.77. The number of halogens is 1. The van der Waals surface area contributed by atoms with Gasteiger partial charge in [0, 0.05) is 10.4 Å². The molecule has 1 aromatic heterocycles. The Balaban J connectivity index is 1.89. The van der Waals surface area contributed by atoms with Crippen LogP contribution >= 0.6 is 15.9 Å². The molecule has 1 aliphatic rings. The van der Waals surface area contributed by atoms with Crippen molar-refractivity contribution in [2.24, 2.45) is 5.92 Å². The Hall–Kier alpha value is -0.830. The predicted molar refractivity (Wildman–Crippen MR) is 67.5 cm³/mol. The van der Waals surface area contributed by atoms with Gasteiger partial charge < -0.3 is 4.42 Å². The summed E-state index contributed by atoms with van der Waals surface area (Å²) < 4.78 is 6.85. The minimum absolute atomic E-state index is 0.575. The first kappa shape index (κ1) is 10.3. The van der Waals surface area contributed by atoms with Crippen molar-refractivity contribution in [1.29, 1.82) is 0 Å². The van der Waals surface area contributed by atoms with E-state index in [1.807, 2.05) is 18.2 Å². The lowest BCUT2D eigenvalue weighted by molar-refractivity contribution is 0.515. The smallest absolute Gasteiger partial charge is 0.198 e. The molecule has 1 aromatic carbocycles. The van der Waals surface area contributed by atoms with E-state index < -0.39 is 0 Å². The van der Waals surface area contributed by atoms with E-state index in [2.05, 4.69) is 27.8 Å². The van der Waals surface area contributed by atoms with Crippen molar-refractivity contribution in [1.82, 2.24) is 4.98 Å². The molecule has 0 spiro atoms. The number of fused-ring (bicyclic) bond motifs is 1. The number of benzene rings is 1. The second-order valence-corrected chi connectivity index (χ2v) is 5.47. The molecule has 2 unspecified atom stereocenters. The minimum atomic E-state index is 0.575. The van der Waals surface area contributed by atoms with E-state index in [9.17, 15) is 0 Å². The van der Waals surface area contributed by atoms with E-state index in [1.54, 1.807) is 0 Å². The van der Waals surface area contributed by atoms with Crippen molar-refractivity contribution in [3.63, 3.8) is 0 Å². The van der Waals surface area contributed by atoms with Gasteiger partial charge in [0.2, 0.25) is 0 Å². The van der Waals surface area contributed by atoms with Crippen LogP contribution in [-0.2, 0) is 0 Å². The van der Waals surface area contributed by atoms with Crippen LogP contribution in [0.3, 0.4) is 0 Å². The van der Waals surface area contributed by atoms with Gasteiger partial charge in [-0.3, -0.25) is 0 Å². The number of oxazole rings is 1. The summed E-state index contributed by atoms with van der Waals surface area (Å²) in [5.74, 6) is 2.32. The lowest BCUT2D eigenvalue weighted by Gasteiger charge is -1.91. The highest BCUT2D eigenvalue weighted by molar-refractivity contribution is 9.10. The molecule has 0 aliphatic heterocycles. The molecule has 3 heteroatoms. The monoisotopic (exact) mass is 279 g/mol. The van der Waals surface area contributed by atoms with E-state index in [-0.39, 0.29) is 0 Å². The number of hydrogen-bond acceptors (Lipinski definition) is 2.